The molecular weight excluding hydrogens is 382 g/mol. The molecule has 0 spiro atoms. The Kier molecular flexibility index (Phi) is 6.27. The Labute approximate surface area is 165 Å². The van der Waals surface area contributed by atoms with Gasteiger partial charge in [0, 0.05) is 17.6 Å². The quantitative estimate of drug-likeness (QED) is 0.642. The second-order valence-electron chi connectivity index (χ2n) is 7.51. The molecule has 2 fully saturated rings. The molecule has 0 bridgehead atoms. The van der Waals surface area contributed by atoms with Gasteiger partial charge in [0.1, 0.15) is 0 Å². The molecule has 1 unspecified atom stereocenters. The summed E-state index contributed by atoms with van der Waals surface area (Å²) in [6, 6.07) is 4.63. The Morgan fingerprint density at radius 2 is 1.82 bits per heavy atom. The molecule has 1 heterocycles. The maximum Gasteiger partial charge on any atom is 0.261 e. The highest BCUT2D eigenvalue weighted by atomic mass is 32.2. The number of nitrogens with zero attached hydrogens (tertiary/aromatic N) is 1. The van der Waals surface area contributed by atoms with Crippen LogP contribution in [0.5, 0.6) is 11.5 Å². The third kappa shape index (κ3) is 4.66. The lowest BCUT2D eigenvalue weighted by Crippen LogP contribution is -2.48. The van der Waals surface area contributed by atoms with Crippen LogP contribution in [0.25, 0.3) is 0 Å². The average molecular weight is 410 g/mol. The molecule has 1 saturated carbocycles. The maximum atomic E-state index is 13.0. The minimum atomic E-state index is -3.08. The molecule has 3 rings (SSSR count). The van der Waals surface area contributed by atoms with Crippen LogP contribution in [-0.4, -0.2) is 62.3 Å². The van der Waals surface area contributed by atoms with Crippen molar-refractivity contribution in [3.05, 3.63) is 23.8 Å². The number of rotatable bonds is 7. The molecule has 1 amide bonds. The molecule has 28 heavy (non-hydrogen) atoms. The van der Waals surface area contributed by atoms with Gasteiger partial charge in [0.25, 0.3) is 5.91 Å². The lowest BCUT2D eigenvalue weighted by Gasteiger charge is -2.34. The van der Waals surface area contributed by atoms with E-state index < -0.39 is 9.84 Å². The molecule has 0 radical (unpaired) electrons. The largest absolute Gasteiger partial charge is 0.493 e. The Hall–Kier alpha value is -2.09. The number of hydrogen-bond donors (Lipinski definition) is 0. The molecule has 0 aromatic heterocycles. The molecule has 1 aromatic carbocycles. The van der Waals surface area contributed by atoms with Gasteiger partial charge in [-0.25, -0.2) is 8.42 Å². The number of methoxy groups -OCH3 is 1. The number of carbonyl (C=O) groups is 2. The van der Waals surface area contributed by atoms with Gasteiger partial charge in [-0.3, -0.25) is 9.59 Å². The van der Waals surface area contributed by atoms with Crippen LogP contribution >= 0.6 is 0 Å². The first kappa shape index (κ1) is 20.6. The Morgan fingerprint density at radius 1 is 1.11 bits per heavy atom. The number of carbonyl (C=O) groups excluding carboxylic acids is 2. The average Bonchev–Trinajstić information content (AvgIpc) is 3.30. The summed E-state index contributed by atoms with van der Waals surface area (Å²) in [5.74, 6) is 0.645. The zero-order valence-electron chi connectivity index (χ0n) is 16.3. The van der Waals surface area contributed by atoms with Gasteiger partial charge in [-0.05, 0) is 44.4 Å². The Morgan fingerprint density at radius 3 is 2.39 bits per heavy atom. The lowest BCUT2D eigenvalue weighted by atomic mass is 10.1. The van der Waals surface area contributed by atoms with Crippen molar-refractivity contribution >= 4 is 21.5 Å². The number of ketones is 1. The van der Waals surface area contributed by atoms with E-state index in [-0.39, 0.29) is 41.9 Å². The van der Waals surface area contributed by atoms with Crippen LogP contribution in [0.4, 0.5) is 0 Å². The van der Waals surface area contributed by atoms with Gasteiger partial charge in [-0.1, -0.05) is 12.8 Å². The number of ether oxygens (including phenoxy) is 2. The van der Waals surface area contributed by atoms with E-state index in [9.17, 15) is 18.0 Å². The van der Waals surface area contributed by atoms with Crippen LogP contribution in [0.1, 0.15) is 49.4 Å². The van der Waals surface area contributed by atoms with Crippen molar-refractivity contribution in [3.63, 3.8) is 0 Å². The summed E-state index contributed by atoms with van der Waals surface area (Å²) in [4.78, 5) is 26.3. The number of amides is 1. The van der Waals surface area contributed by atoms with Gasteiger partial charge < -0.3 is 14.4 Å². The van der Waals surface area contributed by atoms with E-state index >= 15 is 0 Å². The molecule has 8 heteroatoms. The number of Topliss-reactive ketones (excluding diaryl/α,β-unsaturated/α-hetero) is 1. The first-order valence-electron chi connectivity index (χ1n) is 9.64. The second kappa shape index (κ2) is 8.51. The van der Waals surface area contributed by atoms with Crippen molar-refractivity contribution in [2.75, 3.05) is 25.2 Å². The molecule has 1 aliphatic heterocycles. The van der Waals surface area contributed by atoms with E-state index in [2.05, 4.69) is 0 Å². The molecule has 1 atom stereocenters. The van der Waals surface area contributed by atoms with E-state index in [0.717, 1.165) is 25.7 Å². The minimum absolute atomic E-state index is 0.0336. The van der Waals surface area contributed by atoms with Crippen molar-refractivity contribution < 1.29 is 27.5 Å². The monoisotopic (exact) mass is 409 g/mol. The van der Waals surface area contributed by atoms with Gasteiger partial charge in [0.2, 0.25) is 0 Å². The highest BCUT2D eigenvalue weighted by Crippen LogP contribution is 2.31. The summed E-state index contributed by atoms with van der Waals surface area (Å²) in [5.41, 5.74) is 0.499. The molecule has 1 aliphatic carbocycles. The standard InChI is InChI=1S/C20H27NO6S/c1-14(22)15-7-8-18(19(11-15)26-2)27-12-20(23)21(16-5-3-4-6-16)17-9-10-28(24,25)13-17/h7-8,11,16-17H,3-6,9-10,12-13H2,1-2H3. The van der Waals surface area contributed by atoms with Crippen LogP contribution in [-0.2, 0) is 14.6 Å². The minimum Gasteiger partial charge on any atom is -0.493 e. The Bertz CT molecular complexity index is 844. The van der Waals surface area contributed by atoms with Gasteiger partial charge in [0.15, 0.2) is 33.7 Å². The van der Waals surface area contributed by atoms with E-state index in [4.69, 9.17) is 9.47 Å². The van der Waals surface area contributed by atoms with Crippen LogP contribution in [0, 0.1) is 0 Å². The highest BCUT2D eigenvalue weighted by molar-refractivity contribution is 7.91. The summed E-state index contributed by atoms with van der Waals surface area (Å²) >= 11 is 0. The fraction of sp³-hybridized carbons (Fsp3) is 0.600. The van der Waals surface area contributed by atoms with Crippen molar-refractivity contribution in [2.24, 2.45) is 0 Å². The predicted molar refractivity (Wildman–Crippen MR) is 105 cm³/mol. The summed E-state index contributed by atoms with van der Waals surface area (Å²) in [6.45, 7) is 1.27. The zero-order valence-corrected chi connectivity index (χ0v) is 17.2. The first-order valence-corrected chi connectivity index (χ1v) is 11.5. The molecule has 154 valence electrons. The smallest absolute Gasteiger partial charge is 0.261 e. The van der Waals surface area contributed by atoms with Crippen molar-refractivity contribution in [1.29, 1.82) is 0 Å². The first-order chi connectivity index (χ1) is 13.3. The van der Waals surface area contributed by atoms with Crippen molar-refractivity contribution in [3.8, 4) is 11.5 Å². The van der Waals surface area contributed by atoms with Gasteiger partial charge in [-0.2, -0.15) is 0 Å². The van der Waals surface area contributed by atoms with Crippen LogP contribution < -0.4 is 9.47 Å². The van der Waals surface area contributed by atoms with E-state index in [0.29, 0.717) is 23.5 Å². The topological polar surface area (TPSA) is 90.0 Å². The SMILES string of the molecule is COc1cc(C(C)=O)ccc1OCC(=O)N(C1CCCC1)C1CCS(=O)(=O)C1. The molecule has 0 N–H and O–H groups in total. The third-order valence-electron chi connectivity index (χ3n) is 5.53. The lowest BCUT2D eigenvalue weighted by molar-refractivity contribution is -0.137. The number of sulfone groups is 1. The van der Waals surface area contributed by atoms with E-state index in [1.54, 1.807) is 23.1 Å². The molecule has 7 nitrogen and oxygen atoms in total. The fourth-order valence-electron chi connectivity index (χ4n) is 4.10. The maximum absolute atomic E-state index is 13.0. The number of hydrogen-bond acceptors (Lipinski definition) is 6. The van der Waals surface area contributed by atoms with E-state index in [1.807, 2.05) is 0 Å². The molecule has 1 saturated heterocycles. The van der Waals surface area contributed by atoms with Crippen LogP contribution in [0.2, 0.25) is 0 Å². The van der Waals surface area contributed by atoms with Gasteiger partial charge in [0.05, 0.1) is 18.6 Å². The summed E-state index contributed by atoms with van der Waals surface area (Å²) < 4.78 is 34.8. The second-order valence-corrected chi connectivity index (χ2v) is 9.74. The third-order valence-corrected chi connectivity index (χ3v) is 7.28. The summed E-state index contributed by atoms with van der Waals surface area (Å²) in [5, 5.41) is 0. The van der Waals surface area contributed by atoms with Crippen LogP contribution in [0.15, 0.2) is 18.2 Å². The van der Waals surface area contributed by atoms with Gasteiger partial charge in [-0.15, -0.1) is 0 Å². The summed E-state index contributed by atoms with van der Waals surface area (Å²) in [6.07, 6.45) is 4.39. The normalized spacial score (nSPS) is 21.4. The highest BCUT2D eigenvalue weighted by Gasteiger charge is 2.39. The molecular formula is C20H27NO6S. The molecule has 1 aromatic rings. The fourth-order valence-corrected chi connectivity index (χ4v) is 5.81. The summed E-state index contributed by atoms with van der Waals surface area (Å²) in [7, 11) is -1.61. The van der Waals surface area contributed by atoms with Crippen molar-refractivity contribution in [1.82, 2.24) is 4.90 Å². The predicted octanol–water partition coefficient (Wildman–Crippen LogP) is 2.23. The molecule has 2 aliphatic rings. The van der Waals surface area contributed by atoms with Gasteiger partial charge >= 0.3 is 0 Å². The Balaban J connectivity index is 1.73. The number of benzene rings is 1. The van der Waals surface area contributed by atoms with Crippen LogP contribution in [0.3, 0.4) is 0 Å². The zero-order chi connectivity index (χ0) is 20.3. The van der Waals surface area contributed by atoms with Crippen molar-refractivity contribution in [2.45, 2.75) is 51.1 Å². The van der Waals surface area contributed by atoms with E-state index in [1.165, 1.54) is 14.0 Å².